The van der Waals surface area contributed by atoms with Crippen LogP contribution in [0.2, 0.25) is 0 Å². The summed E-state index contributed by atoms with van der Waals surface area (Å²) < 4.78 is 36.3. The van der Waals surface area contributed by atoms with E-state index in [9.17, 15) is 13.2 Å². The van der Waals surface area contributed by atoms with E-state index in [-0.39, 0.29) is 10.5 Å². The molecule has 78 valence electrons. The predicted molar refractivity (Wildman–Crippen MR) is 48.7 cm³/mol. The fraction of sp³-hybridized carbons (Fsp3) is 0.500. The van der Waals surface area contributed by atoms with Crippen LogP contribution in [-0.4, -0.2) is 16.1 Å². The summed E-state index contributed by atoms with van der Waals surface area (Å²) in [6.45, 7) is 3.39. The van der Waals surface area contributed by atoms with Crippen molar-refractivity contribution in [3.63, 3.8) is 0 Å². The zero-order valence-electron chi connectivity index (χ0n) is 7.70. The summed E-state index contributed by atoms with van der Waals surface area (Å²) in [5.41, 5.74) is 1.34. The number of aryl methyl sites for hydroxylation is 1. The predicted octanol–water partition coefficient (Wildman–Crippen LogP) is 2.86. The van der Waals surface area contributed by atoms with E-state index < -0.39 is 12.6 Å². The van der Waals surface area contributed by atoms with Crippen LogP contribution < -0.4 is 0 Å². The first kappa shape index (κ1) is 11.2. The Kier molecular flexibility index (Phi) is 2.94. The summed E-state index contributed by atoms with van der Waals surface area (Å²) >= 11 is 4.82. The third-order valence-electron chi connectivity index (χ3n) is 1.82. The molecule has 0 saturated heterocycles. The molecule has 0 aromatic carbocycles. The quantitative estimate of drug-likeness (QED) is 0.740. The highest BCUT2D eigenvalue weighted by atomic mass is 32.1. The van der Waals surface area contributed by atoms with Crippen molar-refractivity contribution >= 4 is 12.2 Å². The summed E-state index contributed by atoms with van der Waals surface area (Å²) in [5.74, 6) is -0.134. The van der Waals surface area contributed by atoms with Crippen LogP contribution in [0.4, 0.5) is 13.2 Å². The van der Waals surface area contributed by atoms with E-state index in [0.29, 0.717) is 11.3 Å². The highest BCUT2D eigenvalue weighted by Gasteiger charge is 2.29. The Morgan fingerprint density at radius 2 is 1.93 bits per heavy atom. The lowest BCUT2D eigenvalue weighted by Gasteiger charge is -2.08. The Balaban J connectivity index is 3.08. The van der Waals surface area contributed by atoms with Gasteiger partial charge < -0.3 is 4.98 Å². The maximum absolute atomic E-state index is 12.0. The Labute approximate surface area is 84.2 Å². The first-order valence-corrected chi connectivity index (χ1v) is 4.33. The van der Waals surface area contributed by atoms with Crippen LogP contribution in [0.1, 0.15) is 17.1 Å². The van der Waals surface area contributed by atoms with Crippen molar-refractivity contribution in [3.8, 4) is 0 Å². The second-order valence-electron chi connectivity index (χ2n) is 3.03. The van der Waals surface area contributed by atoms with Crippen molar-refractivity contribution in [2.45, 2.75) is 26.4 Å². The molecular weight excluding hydrogens is 213 g/mol. The largest absolute Gasteiger partial charge is 0.396 e. The number of nitrogens with zero attached hydrogens (tertiary/aromatic N) is 1. The lowest BCUT2D eigenvalue weighted by atomic mass is 10.2. The average molecular weight is 222 g/mol. The van der Waals surface area contributed by atoms with E-state index in [2.05, 4.69) is 9.97 Å². The molecule has 1 aromatic rings. The van der Waals surface area contributed by atoms with E-state index >= 15 is 0 Å². The van der Waals surface area contributed by atoms with Crippen molar-refractivity contribution in [3.05, 3.63) is 21.7 Å². The van der Waals surface area contributed by atoms with Gasteiger partial charge in [0, 0.05) is 11.3 Å². The molecule has 6 heteroatoms. The topological polar surface area (TPSA) is 28.7 Å². The van der Waals surface area contributed by atoms with Gasteiger partial charge in [0.1, 0.15) is 16.9 Å². The Morgan fingerprint density at radius 3 is 2.36 bits per heavy atom. The summed E-state index contributed by atoms with van der Waals surface area (Å²) in [5, 5.41) is 0. The molecule has 2 nitrogen and oxygen atoms in total. The minimum atomic E-state index is -4.26. The van der Waals surface area contributed by atoms with Crippen LogP contribution in [0.3, 0.4) is 0 Å². The second-order valence-corrected chi connectivity index (χ2v) is 3.42. The van der Waals surface area contributed by atoms with Gasteiger partial charge in [-0.25, -0.2) is 4.98 Å². The molecule has 0 aliphatic heterocycles. The summed E-state index contributed by atoms with van der Waals surface area (Å²) in [4.78, 5) is 6.23. The van der Waals surface area contributed by atoms with Gasteiger partial charge in [0.2, 0.25) is 0 Å². The van der Waals surface area contributed by atoms with Crippen molar-refractivity contribution in [1.82, 2.24) is 9.97 Å². The number of nitrogens with one attached hydrogen (secondary N) is 1. The lowest BCUT2D eigenvalue weighted by Crippen LogP contribution is -2.15. The van der Waals surface area contributed by atoms with Crippen LogP contribution in [-0.2, 0) is 6.42 Å². The van der Waals surface area contributed by atoms with Gasteiger partial charge in [0.05, 0.1) is 0 Å². The van der Waals surface area contributed by atoms with Gasteiger partial charge in [-0.3, -0.25) is 0 Å². The van der Waals surface area contributed by atoms with Crippen molar-refractivity contribution in [2.75, 3.05) is 0 Å². The molecule has 0 radical (unpaired) electrons. The van der Waals surface area contributed by atoms with E-state index in [1.54, 1.807) is 13.8 Å². The van der Waals surface area contributed by atoms with Gasteiger partial charge in [-0.2, -0.15) is 13.2 Å². The van der Waals surface area contributed by atoms with Gasteiger partial charge in [0.25, 0.3) is 0 Å². The van der Waals surface area contributed by atoms with Crippen molar-refractivity contribution in [2.24, 2.45) is 0 Å². The minimum Gasteiger partial charge on any atom is -0.347 e. The summed E-state index contributed by atoms with van der Waals surface area (Å²) in [6.07, 6.45) is -5.33. The van der Waals surface area contributed by atoms with Gasteiger partial charge >= 0.3 is 6.18 Å². The number of alkyl halides is 3. The minimum absolute atomic E-state index is 0.134. The first-order valence-electron chi connectivity index (χ1n) is 3.93. The fourth-order valence-electron chi connectivity index (χ4n) is 0.979. The van der Waals surface area contributed by atoms with Gasteiger partial charge in [-0.1, -0.05) is 12.2 Å². The molecule has 1 rings (SSSR count). The highest BCUT2D eigenvalue weighted by Crippen LogP contribution is 2.19. The lowest BCUT2D eigenvalue weighted by molar-refractivity contribution is -0.128. The smallest absolute Gasteiger partial charge is 0.347 e. The second kappa shape index (κ2) is 3.68. The van der Waals surface area contributed by atoms with Crippen LogP contribution in [0, 0.1) is 18.5 Å². The van der Waals surface area contributed by atoms with Crippen molar-refractivity contribution in [1.29, 1.82) is 0 Å². The Hall–Kier alpha value is -0.910. The zero-order chi connectivity index (χ0) is 10.9. The molecular formula is C8H9F3N2S. The molecule has 1 aromatic heterocycles. The normalized spacial score (nSPS) is 11.8. The SMILES string of the molecule is Cc1[nH]c(CC(F)(F)F)nc(=S)c1C. The average Bonchev–Trinajstić information content (AvgIpc) is 1.96. The fourth-order valence-corrected chi connectivity index (χ4v) is 1.24. The third kappa shape index (κ3) is 2.80. The molecule has 1 heterocycles. The van der Waals surface area contributed by atoms with Gasteiger partial charge in [-0.05, 0) is 13.8 Å². The number of H-pyrrole nitrogens is 1. The molecule has 0 fully saturated rings. The van der Waals surface area contributed by atoms with E-state index in [1.807, 2.05) is 0 Å². The monoisotopic (exact) mass is 222 g/mol. The number of rotatable bonds is 1. The number of aromatic nitrogens is 2. The van der Waals surface area contributed by atoms with E-state index in [1.165, 1.54) is 0 Å². The molecule has 1 N–H and O–H groups in total. The van der Waals surface area contributed by atoms with Crippen LogP contribution in [0.25, 0.3) is 0 Å². The van der Waals surface area contributed by atoms with Gasteiger partial charge in [-0.15, -0.1) is 0 Å². The molecule has 0 aliphatic rings. The molecule has 0 unspecified atom stereocenters. The van der Waals surface area contributed by atoms with E-state index in [0.717, 1.165) is 0 Å². The van der Waals surface area contributed by atoms with Crippen LogP contribution >= 0.6 is 12.2 Å². The molecule has 0 aliphatic carbocycles. The maximum Gasteiger partial charge on any atom is 0.396 e. The molecule has 14 heavy (non-hydrogen) atoms. The highest BCUT2D eigenvalue weighted by molar-refractivity contribution is 7.71. The molecule has 0 atom stereocenters. The van der Waals surface area contributed by atoms with Gasteiger partial charge in [0.15, 0.2) is 0 Å². The zero-order valence-corrected chi connectivity index (χ0v) is 8.51. The van der Waals surface area contributed by atoms with Crippen LogP contribution in [0.5, 0.6) is 0 Å². The number of aromatic amines is 1. The number of hydrogen-bond acceptors (Lipinski definition) is 2. The van der Waals surface area contributed by atoms with Crippen molar-refractivity contribution < 1.29 is 13.2 Å². The molecule has 0 saturated carbocycles. The maximum atomic E-state index is 12.0. The summed E-state index contributed by atoms with van der Waals surface area (Å²) in [6, 6.07) is 0. The third-order valence-corrected chi connectivity index (χ3v) is 2.22. The number of hydrogen-bond donors (Lipinski definition) is 1. The Bertz CT molecular complexity index is 395. The van der Waals surface area contributed by atoms with E-state index in [4.69, 9.17) is 12.2 Å². The Morgan fingerprint density at radius 1 is 1.36 bits per heavy atom. The molecule has 0 bridgehead atoms. The van der Waals surface area contributed by atoms with Crippen LogP contribution in [0.15, 0.2) is 0 Å². The first-order chi connectivity index (χ1) is 6.29. The standard InChI is InChI=1S/C8H9F3N2S/c1-4-5(2)12-6(13-7(4)14)3-8(9,10)11/h3H2,1-2H3,(H,12,13,14). The summed E-state index contributed by atoms with van der Waals surface area (Å²) in [7, 11) is 0. The number of halogens is 3. The molecule has 0 spiro atoms. The molecule has 0 amide bonds.